The highest BCUT2D eigenvalue weighted by Gasteiger charge is 2.33. The molecule has 0 spiro atoms. The number of hydrogen-bond donors (Lipinski definition) is 0. The summed E-state index contributed by atoms with van der Waals surface area (Å²) in [6, 6.07) is 28.5. The zero-order valence-corrected chi connectivity index (χ0v) is 14.7. The normalized spacial score (nSPS) is 16.2. The summed E-state index contributed by atoms with van der Waals surface area (Å²) in [5, 5.41) is 2.89. The molecule has 1 aliphatic rings. The minimum Gasteiger partial charge on any atom is -0.496 e. The van der Waals surface area contributed by atoms with E-state index in [0.29, 0.717) is 5.66 Å². The van der Waals surface area contributed by atoms with Crippen molar-refractivity contribution in [2.75, 3.05) is 7.11 Å². The van der Waals surface area contributed by atoms with Gasteiger partial charge in [0.1, 0.15) is 5.75 Å². The summed E-state index contributed by atoms with van der Waals surface area (Å²) in [6.45, 7) is 0. The zero-order chi connectivity index (χ0) is 16.4. The number of aryl methyl sites for hydroxylation is 1. The summed E-state index contributed by atoms with van der Waals surface area (Å²) in [4.78, 5) is 0. The van der Waals surface area contributed by atoms with Crippen LogP contribution in [0.4, 0.5) is 0 Å². The third-order valence-corrected chi connectivity index (χ3v) is 7.63. The van der Waals surface area contributed by atoms with Gasteiger partial charge in [0.15, 0.2) is 0 Å². The van der Waals surface area contributed by atoms with Crippen LogP contribution in [0.1, 0.15) is 23.2 Å². The highest BCUT2D eigenvalue weighted by atomic mass is 31.1. The van der Waals surface area contributed by atoms with Gasteiger partial charge in [0, 0.05) is 11.2 Å². The first-order chi connectivity index (χ1) is 11.9. The molecule has 0 amide bonds. The first-order valence-corrected chi connectivity index (χ1v) is 9.84. The second kappa shape index (κ2) is 6.79. The van der Waals surface area contributed by atoms with Gasteiger partial charge in [0.2, 0.25) is 0 Å². The van der Waals surface area contributed by atoms with E-state index in [9.17, 15) is 0 Å². The summed E-state index contributed by atoms with van der Waals surface area (Å²) in [5.74, 6) is 1.05. The van der Waals surface area contributed by atoms with Crippen LogP contribution in [-0.4, -0.2) is 7.11 Å². The van der Waals surface area contributed by atoms with Gasteiger partial charge in [0.05, 0.1) is 7.11 Å². The summed E-state index contributed by atoms with van der Waals surface area (Å²) in [6.07, 6.45) is 2.35. The molecule has 3 aromatic rings. The van der Waals surface area contributed by atoms with Crippen LogP contribution < -0.4 is 15.3 Å². The average Bonchev–Trinajstić information content (AvgIpc) is 3.08. The molecule has 3 aromatic carbocycles. The molecule has 1 nitrogen and oxygen atoms in total. The Labute approximate surface area is 145 Å². The van der Waals surface area contributed by atoms with Gasteiger partial charge in [-0.25, -0.2) is 0 Å². The Bertz CT molecular complexity index is 774. The largest absolute Gasteiger partial charge is 0.496 e. The van der Waals surface area contributed by atoms with Gasteiger partial charge in [-0.15, -0.1) is 0 Å². The van der Waals surface area contributed by atoms with E-state index in [-0.39, 0.29) is 0 Å². The van der Waals surface area contributed by atoms with E-state index in [1.165, 1.54) is 28.2 Å². The lowest BCUT2D eigenvalue weighted by Crippen LogP contribution is -2.16. The molecule has 0 aliphatic heterocycles. The van der Waals surface area contributed by atoms with Crippen LogP contribution in [0, 0.1) is 0 Å². The first-order valence-electron chi connectivity index (χ1n) is 8.43. The van der Waals surface area contributed by atoms with Gasteiger partial charge in [-0.1, -0.05) is 72.8 Å². The zero-order valence-electron chi connectivity index (χ0n) is 13.9. The van der Waals surface area contributed by atoms with Gasteiger partial charge in [0.25, 0.3) is 0 Å². The number of fused-ring (bicyclic) bond motifs is 1. The lowest BCUT2D eigenvalue weighted by molar-refractivity contribution is 0.410. The second-order valence-corrected chi connectivity index (χ2v) is 8.52. The Morgan fingerprint density at radius 1 is 0.792 bits per heavy atom. The van der Waals surface area contributed by atoms with Gasteiger partial charge in [-0.05, 0) is 43.0 Å². The quantitative estimate of drug-likeness (QED) is 0.623. The minimum atomic E-state index is -0.441. The van der Waals surface area contributed by atoms with Gasteiger partial charge in [-0.3, -0.25) is 0 Å². The van der Waals surface area contributed by atoms with E-state index >= 15 is 0 Å². The van der Waals surface area contributed by atoms with Crippen molar-refractivity contribution in [3.63, 3.8) is 0 Å². The Morgan fingerprint density at radius 3 is 2.00 bits per heavy atom. The Balaban J connectivity index is 1.86. The smallest absolute Gasteiger partial charge is 0.122 e. The lowest BCUT2D eigenvalue weighted by Gasteiger charge is -2.27. The first kappa shape index (κ1) is 15.4. The molecular formula is C22H21OP. The van der Waals surface area contributed by atoms with E-state index in [4.69, 9.17) is 4.74 Å². The highest BCUT2D eigenvalue weighted by Crippen LogP contribution is 2.57. The third kappa shape index (κ3) is 2.74. The van der Waals surface area contributed by atoms with E-state index in [2.05, 4.69) is 78.9 Å². The second-order valence-electron chi connectivity index (χ2n) is 6.13. The predicted octanol–water partition coefficient (Wildman–Crippen LogP) is 4.82. The van der Waals surface area contributed by atoms with Gasteiger partial charge < -0.3 is 4.74 Å². The molecule has 0 saturated heterocycles. The molecule has 24 heavy (non-hydrogen) atoms. The van der Waals surface area contributed by atoms with E-state index in [1.807, 2.05) is 0 Å². The molecule has 120 valence electrons. The van der Waals surface area contributed by atoms with Gasteiger partial charge >= 0.3 is 0 Å². The number of ether oxygens (including phenoxy) is 1. The molecule has 0 radical (unpaired) electrons. The van der Waals surface area contributed by atoms with Crippen molar-refractivity contribution in [2.45, 2.75) is 18.5 Å². The Morgan fingerprint density at radius 2 is 1.42 bits per heavy atom. The van der Waals surface area contributed by atoms with Crippen LogP contribution >= 0.6 is 7.92 Å². The fourth-order valence-electron chi connectivity index (χ4n) is 3.74. The van der Waals surface area contributed by atoms with Crippen molar-refractivity contribution in [3.05, 3.63) is 90.0 Å². The van der Waals surface area contributed by atoms with E-state index in [1.54, 1.807) is 7.11 Å². The monoisotopic (exact) mass is 332 g/mol. The van der Waals surface area contributed by atoms with Gasteiger partial charge in [-0.2, -0.15) is 0 Å². The molecule has 0 N–H and O–H groups in total. The molecule has 4 rings (SSSR count). The molecule has 0 heterocycles. The number of benzene rings is 3. The molecule has 2 heteroatoms. The van der Waals surface area contributed by atoms with Crippen molar-refractivity contribution in [3.8, 4) is 5.75 Å². The number of hydrogen-bond acceptors (Lipinski definition) is 1. The van der Waals surface area contributed by atoms with Crippen LogP contribution in [0.25, 0.3) is 0 Å². The topological polar surface area (TPSA) is 9.23 Å². The van der Waals surface area contributed by atoms with Crippen LogP contribution in [0.3, 0.4) is 0 Å². The molecule has 0 aromatic heterocycles. The van der Waals surface area contributed by atoms with Crippen LogP contribution in [0.2, 0.25) is 0 Å². The molecular weight excluding hydrogens is 311 g/mol. The maximum absolute atomic E-state index is 5.72. The maximum Gasteiger partial charge on any atom is 0.122 e. The van der Waals surface area contributed by atoms with Crippen LogP contribution in [0.5, 0.6) is 5.75 Å². The molecule has 1 unspecified atom stereocenters. The van der Waals surface area contributed by atoms with E-state index in [0.717, 1.165) is 12.2 Å². The molecule has 1 aliphatic carbocycles. The highest BCUT2D eigenvalue weighted by molar-refractivity contribution is 7.73. The lowest BCUT2D eigenvalue weighted by atomic mass is 10.1. The number of rotatable bonds is 4. The molecule has 0 saturated carbocycles. The average molecular weight is 332 g/mol. The van der Waals surface area contributed by atoms with Crippen molar-refractivity contribution in [1.82, 2.24) is 0 Å². The standard InChI is InChI=1S/C22H21OP/c1-23-20-14-8-9-17-15-16-21(22(17)20)24(18-10-4-2-5-11-18)19-12-6-3-7-13-19/h2-14,21H,15-16H2,1H3. The summed E-state index contributed by atoms with van der Waals surface area (Å²) >= 11 is 0. The van der Waals surface area contributed by atoms with Crippen molar-refractivity contribution < 1.29 is 4.74 Å². The van der Waals surface area contributed by atoms with Crippen molar-refractivity contribution in [1.29, 1.82) is 0 Å². The molecule has 1 atom stereocenters. The molecule has 0 fully saturated rings. The minimum absolute atomic E-state index is 0.441. The number of methoxy groups -OCH3 is 1. The Kier molecular flexibility index (Phi) is 4.36. The van der Waals surface area contributed by atoms with E-state index < -0.39 is 7.92 Å². The maximum atomic E-state index is 5.72. The SMILES string of the molecule is COc1cccc2c1C(P(c1ccccc1)c1ccccc1)CC2. The summed E-state index contributed by atoms with van der Waals surface area (Å²) in [5.41, 5.74) is 3.41. The fraction of sp³-hybridized carbons (Fsp3) is 0.182. The van der Waals surface area contributed by atoms with Crippen molar-refractivity contribution >= 4 is 18.5 Å². The third-order valence-electron chi connectivity index (χ3n) is 4.78. The van der Waals surface area contributed by atoms with Crippen LogP contribution in [0.15, 0.2) is 78.9 Å². The molecule has 0 bridgehead atoms. The predicted molar refractivity (Wildman–Crippen MR) is 103 cm³/mol. The summed E-state index contributed by atoms with van der Waals surface area (Å²) < 4.78 is 5.72. The Hall–Kier alpha value is -2.11. The fourth-order valence-corrected chi connectivity index (χ4v) is 6.69. The van der Waals surface area contributed by atoms with Crippen LogP contribution in [-0.2, 0) is 6.42 Å². The summed E-state index contributed by atoms with van der Waals surface area (Å²) in [7, 11) is 1.35. The van der Waals surface area contributed by atoms with Crippen molar-refractivity contribution in [2.24, 2.45) is 0 Å².